The molecule has 0 radical (unpaired) electrons. The van der Waals surface area contributed by atoms with Gasteiger partial charge in [0.15, 0.2) is 0 Å². The highest BCUT2D eigenvalue weighted by Crippen LogP contribution is 2.38. The van der Waals surface area contributed by atoms with Crippen molar-refractivity contribution in [1.29, 1.82) is 0 Å². The first-order valence-corrected chi connectivity index (χ1v) is 6.82. The highest BCUT2D eigenvalue weighted by molar-refractivity contribution is 5.59. The minimum absolute atomic E-state index is 0.0867. The number of benzene rings is 2. The standard InChI is InChI=1S/C16H17N3O/c1-12-11-15(17-13-7-3-2-4-8-13)14-9-5-6-10-16(14)19(12)18-20/h2-10,12,15,17H,11H2,1H3/t12-,15-/m1/s1. The molecule has 0 spiro atoms. The maximum Gasteiger partial charge on any atom is 0.0682 e. The largest absolute Gasteiger partial charge is 0.378 e. The summed E-state index contributed by atoms with van der Waals surface area (Å²) in [4.78, 5) is 11.1. The number of hydrogen-bond acceptors (Lipinski definition) is 3. The summed E-state index contributed by atoms with van der Waals surface area (Å²) in [5.41, 5.74) is 3.11. The summed E-state index contributed by atoms with van der Waals surface area (Å²) in [6, 6.07) is 18.4. The van der Waals surface area contributed by atoms with E-state index in [9.17, 15) is 4.91 Å². The molecule has 20 heavy (non-hydrogen) atoms. The van der Waals surface area contributed by atoms with E-state index < -0.39 is 0 Å². The zero-order valence-corrected chi connectivity index (χ0v) is 11.4. The quantitative estimate of drug-likeness (QED) is 0.851. The molecule has 4 heteroatoms. The SMILES string of the molecule is C[C@@H]1C[C@@H](Nc2ccccc2)c2ccccc2N1N=O. The second-order valence-corrected chi connectivity index (χ2v) is 5.13. The van der Waals surface area contributed by atoms with Gasteiger partial charge in [-0.05, 0) is 37.1 Å². The van der Waals surface area contributed by atoms with Crippen LogP contribution >= 0.6 is 0 Å². The van der Waals surface area contributed by atoms with Crippen molar-refractivity contribution in [3.63, 3.8) is 0 Å². The number of nitrogens with zero attached hydrogens (tertiary/aromatic N) is 2. The van der Waals surface area contributed by atoms with E-state index in [4.69, 9.17) is 0 Å². The third-order valence-electron chi connectivity index (χ3n) is 3.76. The molecule has 0 saturated carbocycles. The molecular formula is C16H17N3O. The van der Waals surface area contributed by atoms with E-state index in [1.807, 2.05) is 43.3 Å². The summed E-state index contributed by atoms with van der Waals surface area (Å²) >= 11 is 0. The van der Waals surface area contributed by atoms with E-state index in [2.05, 4.69) is 28.8 Å². The van der Waals surface area contributed by atoms with Crippen molar-refractivity contribution in [2.45, 2.75) is 25.4 Å². The van der Waals surface area contributed by atoms with E-state index >= 15 is 0 Å². The second-order valence-electron chi connectivity index (χ2n) is 5.13. The molecule has 0 amide bonds. The lowest BCUT2D eigenvalue weighted by Gasteiger charge is -2.36. The average molecular weight is 267 g/mol. The van der Waals surface area contributed by atoms with Gasteiger partial charge in [-0.3, -0.25) is 0 Å². The first-order chi connectivity index (χ1) is 9.79. The lowest BCUT2D eigenvalue weighted by molar-refractivity contribution is 0.522. The number of nitrogens with one attached hydrogen (secondary N) is 1. The summed E-state index contributed by atoms with van der Waals surface area (Å²) < 4.78 is 0. The Labute approximate surface area is 118 Å². The summed E-state index contributed by atoms with van der Waals surface area (Å²) in [5, 5.41) is 8.28. The van der Waals surface area contributed by atoms with Crippen LogP contribution in [-0.2, 0) is 0 Å². The van der Waals surface area contributed by atoms with Crippen LogP contribution in [0.15, 0.2) is 59.9 Å². The molecule has 1 aliphatic rings. The first-order valence-electron chi connectivity index (χ1n) is 6.82. The van der Waals surface area contributed by atoms with Gasteiger partial charge >= 0.3 is 0 Å². The number of nitroso groups, excluding NO2 is 1. The molecule has 102 valence electrons. The van der Waals surface area contributed by atoms with Crippen molar-refractivity contribution in [2.24, 2.45) is 5.29 Å². The van der Waals surface area contributed by atoms with Crippen LogP contribution in [0.2, 0.25) is 0 Å². The van der Waals surface area contributed by atoms with Gasteiger partial charge in [0.1, 0.15) is 0 Å². The van der Waals surface area contributed by atoms with Crippen molar-refractivity contribution in [1.82, 2.24) is 0 Å². The molecule has 1 N–H and O–H groups in total. The summed E-state index contributed by atoms with van der Waals surface area (Å²) in [5.74, 6) is 0. The van der Waals surface area contributed by atoms with Gasteiger partial charge in [0.25, 0.3) is 0 Å². The van der Waals surface area contributed by atoms with Crippen molar-refractivity contribution >= 4 is 11.4 Å². The number of anilines is 2. The van der Waals surface area contributed by atoms with Gasteiger partial charge in [0, 0.05) is 5.69 Å². The molecule has 1 aliphatic heterocycles. The Bertz CT molecular complexity index is 600. The van der Waals surface area contributed by atoms with Crippen LogP contribution < -0.4 is 10.3 Å². The summed E-state index contributed by atoms with van der Waals surface area (Å²) in [6.45, 7) is 2.02. The van der Waals surface area contributed by atoms with E-state index in [1.54, 1.807) is 5.01 Å². The van der Waals surface area contributed by atoms with Gasteiger partial charge in [-0.15, -0.1) is 4.91 Å². The third-order valence-corrected chi connectivity index (χ3v) is 3.76. The van der Waals surface area contributed by atoms with Gasteiger partial charge in [-0.25, -0.2) is 5.01 Å². The molecule has 2 aromatic carbocycles. The topological polar surface area (TPSA) is 44.7 Å². The van der Waals surface area contributed by atoms with Crippen LogP contribution in [0, 0.1) is 4.91 Å². The lowest BCUT2D eigenvalue weighted by Crippen LogP contribution is -2.36. The Morgan fingerprint density at radius 3 is 2.55 bits per heavy atom. The maximum atomic E-state index is 11.1. The Kier molecular flexibility index (Phi) is 3.37. The number of para-hydroxylation sites is 2. The predicted octanol–water partition coefficient (Wildman–Crippen LogP) is 4.12. The maximum absolute atomic E-state index is 11.1. The summed E-state index contributed by atoms with van der Waals surface area (Å²) in [6.07, 6.45) is 0.845. The minimum Gasteiger partial charge on any atom is -0.378 e. The van der Waals surface area contributed by atoms with Gasteiger partial charge in [0.05, 0.1) is 23.1 Å². The Balaban J connectivity index is 1.95. The molecule has 0 aliphatic carbocycles. The van der Waals surface area contributed by atoms with Crippen molar-refractivity contribution < 1.29 is 0 Å². The molecule has 0 fully saturated rings. The zero-order chi connectivity index (χ0) is 13.9. The molecule has 4 nitrogen and oxygen atoms in total. The van der Waals surface area contributed by atoms with Crippen LogP contribution in [0.25, 0.3) is 0 Å². The van der Waals surface area contributed by atoms with Crippen molar-refractivity contribution in [3.8, 4) is 0 Å². The smallest absolute Gasteiger partial charge is 0.0682 e. The van der Waals surface area contributed by atoms with Gasteiger partial charge < -0.3 is 5.32 Å². The Morgan fingerprint density at radius 2 is 1.80 bits per heavy atom. The van der Waals surface area contributed by atoms with E-state index in [-0.39, 0.29) is 12.1 Å². The van der Waals surface area contributed by atoms with Gasteiger partial charge in [-0.1, -0.05) is 36.4 Å². The van der Waals surface area contributed by atoms with Gasteiger partial charge in [-0.2, -0.15) is 0 Å². The summed E-state index contributed by atoms with van der Waals surface area (Å²) in [7, 11) is 0. The third kappa shape index (κ3) is 2.25. The first kappa shape index (κ1) is 12.7. The zero-order valence-electron chi connectivity index (χ0n) is 11.4. The van der Waals surface area contributed by atoms with Gasteiger partial charge in [0.2, 0.25) is 0 Å². The highest BCUT2D eigenvalue weighted by atomic mass is 16.3. The molecule has 1 heterocycles. The molecule has 0 saturated heterocycles. The molecule has 3 rings (SSSR count). The van der Waals surface area contributed by atoms with Crippen molar-refractivity contribution in [3.05, 3.63) is 65.1 Å². The van der Waals surface area contributed by atoms with E-state index in [1.165, 1.54) is 0 Å². The average Bonchev–Trinajstić information content (AvgIpc) is 2.49. The molecule has 0 aromatic heterocycles. The fourth-order valence-electron chi connectivity index (χ4n) is 2.79. The molecule has 2 aromatic rings. The number of fused-ring (bicyclic) bond motifs is 1. The normalized spacial score (nSPS) is 21.1. The Morgan fingerprint density at radius 1 is 1.10 bits per heavy atom. The molecule has 0 unspecified atom stereocenters. The van der Waals surface area contributed by atoms with Crippen LogP contribution in [-0.4, -0.2) is 6.04 Å². The van der Waals surface area contributed by atoms with Crippen LogP contribution in [0.5, 0.6) is 0 Å². The molecule has 2 atom stereocenters. The van der Waals surface area contributed by atoms with Crippen LogP contribution in [0.1, 0.15) is 24.9 Å². The predicted molar refractivity (Wildman–Crippen MR) is 81.6 cm³/mol. The van der Waals surface area contributed by atoms with Crippen LogP contribution in [0.4, 0.5) is 11.4 Å². The lowest BCUT2D eigenvalue weighted by atomic mass is 9.93. The van der Waals surface area contributed by atoms with Crippen molar-refractivity contribution in [2.75, 3.05) is 10.3 Å². The van der Waals surface area contributed by atoms with E-state index in [0.29, 0.717) is 0 Å². The van der Waals surface area contributed by atoms with E-state index in [0.717, 1.165) is 23.4 Å². The monoisotopic (exact) mass is 267 g/mol. The highest BCUT2D eigenvalue weighted by Gasteiger charge is 2.30. The molecule has 0 bridgehead atoms. The Hall–Kier alpha value is -2.36. The second kappa shape index (κ2) is 5.33. The number of hydrogen-bond donors (Lipinski definition) is 1. The van der Waals surface area contributed by atoms with Crippen LogP contribution in [0.3, 0.4) is 0 Å². The number of rotatable bonds is 3. The fourth-order valence-corrected chi connectivity index (χ4v) is 2.79. The molecular weight excluding hydrogens is 250 g/mol. The minimum atomic E-state index is 0.0867. The fraction of sp³-hybridized carbons (Fsp3) is 0.250.